The molecule has 7 nitrogen and oxygen atoms in total. The molecule has 0 radical (unpaired) electrons. The van der Waals surface area contributed by atoms with E-state index in [1.54, 1.807) is 16.7 Å². The topological polar surface area (TPSA) is 83.2 Å². The quantitative estimate of drug-likeness (QED) is 0.606. The van der Waals surface area contributed by atoms with E-state index >= 15 is 0 Å². The van der Waals surface area contributed by atoms with E-state index in [1.807, 2.05) is 31.3 Å². The van der Waals surface area contributed by atoms with E-state index in [1.165, 1.54) is 18.4 Å². The van der Waals surface area contributed by atoms with E-state index in [9.17, 15) is 10.1 Å². The summed E-state index contributed by atoms with van der Waals surface area (Å²) in [5.74, 6) is 0.585. The molecule has 0 atom stereocenters. The molecule has 1 N–H and O–H groups in total. The first kappa shape index (κ1) is 21.2. The predicted molar refractivity (Wildman–Crippen MR) is 126 cm³/mol. The predicted octanol–water partition coefficient (Wildman–Crippen LogP) is 3.60. The van der Waals surface area contributed by atoms with Crippen LogP contribution in [0, 0.1) is 11.3 Å². The summed E-state index contributed by atoms with van der Waals surface area (Å²) in [6, 6.07) is 17.9. The number of fused-ring (bicyclic) bond motifs is 1. The molecule has 33 heavy (non-hydrogen) atoms. The summed E-state index contributed by atoms with van der Waals surface area (Å²) in [6.07, 6.45) is 4.16. The van der Waals surface area contributed by atoms with Crippen molar-refractivity contribution < 1.29 is 9.53 Å². The molecule has 0 spiro atoms. The van der Waals surface area contributed by atoms with Crippen LogP contribution >= 0.6 is 0 Å². The summed E-state index contributed by atoms with van der Waals surface area (Å²) in [5.41, 5.74) is 4.72. The third kappa shape index (κ3) is 3.66. The Morgan fingerprint density at radius 2 is 1.82 bits per heavy atom. The number of methoxy groups -OCH3 is 1. The number of ether oxygens (including phenoxy) is 1. The van der Waals surface area contributed by atoms with Gasteiger partial charge in [0.25, 0.3) is 5.91 Å². The van der Waals surface area contributed by atoms with E-state index in [4.69, 9.17) is 4.74 Å². The number of nitrogens with zero attached hydrogens (tertiary/aromatic N) is 4. The number of benzene rings is 2. The third-order valence-electron chi connectivity index (χ3n) is 6.94. The lowest BCUT2D eigenvalue weighted by Crippen LogP contribution is -2.38. The summed E-state index contributed by atoms with van der Waals surface area (Å²) < 4.78 is 6.83. The molecular formula is C26H27N5O2. The van der Waals surface area contributed by atoms with Gasteiger partial charge >= 0.3 is 0 Å². The van der Waals surface area contributed by atoms with E-state index in [-0.39, 0.29) is 11.3 Å². The van der Waals surface area contributed by atoms with Crippen molar-refractivity contribution >= 4 is 11.6 Å². The molecular weight excluding hydrogens is 414 g/mol. The third-order valence-corrected chi connectivity index (χ3v) is 6.94. The fourth-order valence-corrected chi connectivity index (χ4v) is 4.80. The van der Waals surface area contributed by atoms with Crippen molar-refractivity contribution in [1.29, 1.82) is 5.26 Å². The second-order valence-electron chi connectivity index (χ2n) is 8.78. The molecule has 2 heterocycles. The van der Waals surface area contributed by atoms with Crippen LogP contribution in [0.25, 0.3) is 5.69 Å². The van der Waals surface area contributed by atoms with Crippen molar-refractivity contribution in [3.63, 3.8) is 0 Å². The Hall–Kier alpha value is -3.63. The first-order valence-electron chi connectivity index (χ1n) is 11.3. The highest BCUT2D eigenvalue weighted by molar-refractivity contribution is 6.07. The number of nitriles is 1. The summed E-state index contributed by atoms with van der Waals surface area (Å²) in [7, 11) is 3.60. The number of rotatable bonds is 7. The Bertz CT molecular complexity index is 1220. The van der Waals surface area contributed by atoms with Gasteiger partial charge in [-0.05, 0) is 86.7 Å². The standard InChI is InChI=1S/C26H27N5O2/c1-28-15-14-26(12-13-26)18-3-5-19(6-4-18)30-16-11-22-23(17-27)29-31(24(22)25(30)32)20-7-9-21(33-2)10-8-20/h3-10,28H,11-16H2,1-2H3. The lowest BCUT2D eigenvalue weighted by molar-refractivity contribution is 0.0973. The lowest BCUT2D eigenvalue weighted by Gasteiger charge is -2.28. The maximum absolute atomic E-state index is 13.6. The molecule has 3 aromatic rings. The SMILES string of the molecule is CNCCC1(c2ccc(N3CCc4c(C#N)nn(-c5ccc(OC)cc5)c4C3=O)cc2)CC1. The molecule has 1 aliphatic carbocycles. The van der Waals surface area contributed by atoms with Gasteiger partial charge in [-0.3, -0.25) is 4.79 Å². The second kappa shape index (κ2) is 8.38. The number of amides is 1. The van der Waals surface area contributed by atoms with Gasteiger partial charge in [0.1, 0.15) is 17.5 Å². The van der Waals surface area contributed by atoms with Crippen molar-refractivity contribution in [2.75, 3.05) is 32.1 Å². The summed E-state index contributed by atoms with van der Waals surface area (Å²) in [4.78, 5) is 15.4. The summed E-state index contributed by atoms with van der Waals surface area (Å²) in [5, 5.41) is 17.3. The minimum absolute atomic E-state index is 0.134. The Balaban J connectivity index is 1.46. The van der Waals surface area contributed by atoms with E-state index in [2.05, 4.69) is 40.8 Å². The van der Waals surface area contributed by atoms with E-state index < -0.39 is 0 Å². The van der Waals surface area contributed by atoms with Crippen LogP contribution in [0.4, 0.5) is 5.69 Å². The van der Waals surface area contributed by atoms with Crippen LogP contribution in [0.5, 0.6) is 5.75 Å². The Morgan fingerprint density at radius 1 is 1.12 bits per heavy atom. The smallest absolute Gasteiger partial charge is 0.277 e. The van der Waals surface area contributed by atoms with Crippen LogP contribution in [0.1, 0.15) is 46.6 Å². The Morgan fingerprint density at radius 3 is 2.42 bits per heavy atom. The molecule has 0 bridgehead atoms. The van der Waals surface area contributed by atoms with Crippen molar-refractivity contribution in [3.05, 3.63) is 71.0 Å². The monoisotopic (exact) mass is 441 g/mol. The number of carbonyl (C=O) groups is 1. The van der Waals surface area contributed by atoms with E-state index in [0.717, 1.165) is 35.7 Å². The van der Waals surface area contributed by atoms with Crippen LogP contribution in [-0.4, -0.2) is 42.9 Å². The molecule has 1 aliphatic heterocycles. The summed E-state index contributed by atoms with van der Waals surface area (Å²) >= 11 is 0. The average molecular weight is 442 g/mol. The zero-order valence-corrected chi connectivity index (χ0v) is 19.0. The van der Waals surface area contributed by atoms with Crippen molar-refractivity contribution in [2.45, 2.75) is 31.1 Å². The number of aromatic nitrogens is 2. The fraction of sp³-hybridized carbons (Fsp3) is 0.346. The van der Waals surface area contributed by atoms with Crippen LogP contribution < -0.4 is 15.0 Å². The minimum atomic E-state index is -0.134. The molecule has 0 unspecified atom stereocenters. The minimum Gasteiger partial charge on any atom is -0.497 e. The first-order valence-corrected chi connectivity index (χ1v) is 11.3. The highest BCUT2D eigenvalue weighted by Crippen LogP contribution is 2.51. The summed E-state index contributed by atoms with van der Waals surface area (Å²) in [6.45, 7) is 1.53. The van der Waals surface area contributed by atoms with Crippen LogP contribution in [0.2, 0.25) is 0 Å². The van der Waals surface area contributed by atoms with Gasteiger partial charge in [-0.2, -0.15) is 10.4 Å². The number of anilines is 1. The molecule has 2 aromatic carbocycles. The molecule has 1 saturated carbocycles. The van der Waals surface area contributed by atoms with Gasteiger partial charge in [0.05, 0.1) is 12.8 Å². The van der Waals surface area contributed by atoms with Crippen molar-refractivity contribution in [3.8, 4) is 17.5 Å². The zero-order valence-electron chi connectivity index (χ0n) is 19.0. The Kier molecular flexibility index (Phi) is 5.39. The van der Waals surface area contributed by atoms with Crippen LogP contribution in [-0.2, 0) is 11.8 Å². The molecule has 5 rings (SSSR count). The molecule has 7 heteroatoms. The van der Waals surface area contributed by atoms with E-state index in [0.29, 0.717) is 24.4 Å². The van der Waals surface area contributed by atoms with Gasteiger partial charge in [0.2, 0.25) is 0 Å². The van der Waals surface area contributed by atoms with Gasteiger partial charge in [0, 0.05) is 17.8 Å². The number of carbonyl (C=O) groups excluding carboxylic acids is 1. The molecule has 1 amide bonds. The lowest BCUT2D eigenvalue weighted by atomic mass is 9.92. The zero-order chi connectivity index (χ0) is 23.0. The van der Waals surface area contributed by atoms with Crippen LogP contribution in [0.3, 0.4) is 0 Å². The van der Waals surface area contributed by atoms with Crippen LogP contribution in [0.15, 0.2) is 48.5 Å². The highest BCUT2D eigenvalue weighted by atomic mass is 16.5. The largest absolute Gasteiger partial charge is 0.497 e. The van der Waals surface area contributed by atoms with Crippen molar-refractivity contribution in [2.24, 2.45) is 0 Å². The number of hydrogen-bond donors (Lipinski definition) is 1. The first-order chi connectivity index (χ1) is 16.1. The van der Waals surface area contributed by atoms with Gasteiger partial charge in [0.15, 0.2) is 5.69 Å². The molecule has 0 saturated heterocycles. The van der Waals surface area contributed by atoms with Gasteiger partial charge in [-0.1, -0.05) is 12.1 Å². The normalized spacial score (nSPS) is 16.3. The fourth-order valence-electron chi connectivity index (χ4n) is 4.80. The average Bonchev–Trinajstić information content (AvgIpc) is 3.56. The number of hydrogen-bond acceptors (Lipinski definition) is 5. The molecule has 2 aliphatic rings. The highest BCUT2D eigenvalue weighted by Gasteiger charge is 2.43. The Labute approximate surface area is 193 Å². The van der Waals surface area contributed by atoms with Gasteiger partial charge < -0.3 is 15.0 Å². The number of nitrogens with one attached hydrogen (secondary N) is 1. The van der Waals surface area contributed by atoms with Crippen molar-refractivity contribution in [1.82, 2.24) is 15.1 Å². The molecule has 1 aromatic heterocycles. The van der Waals surface area contributed by atoms with Gasteiger partial charge in [-0.15, -0.1) is 0 Å². The van der Waals surface area contributed by atoms with Gasteiger partial charge in [-0.25, -0.2) is 4.68 Å². The second-order valence-corrected chi connectivity index (χ2v) is 8.78. The molecule has 1 fully saturated rings. The maximum Gasteiger partial charge on any atom is 0.277 e. The molecule has 168 valence electrons. The maximum atomic E-state index is 13.6.